The first-order valence-corrected chi connectivity index (χ1v) is 8.53. The molecule has 2 aromatic heterocycles. The van der Waals surface area contributed by atoms with Crippen molar-refractivity contribution in [1.29, 1.82) is 0 Å². The molecule has 2 N–H and O–H groups in total. The molecule has 0 spiro atoms. The van der Waals surface area contributed by atoms with E-state index >= 15 is 0 Å². The van der Waals surface area contributed by atoms with Crippen molar-refractivity contribution in [2.75, 3.05) is 11.4 Å². The number of nitrogens with zero attached hydrogens (tertiary/aromatic N) is 3. The summed E-state index contributed by atoms with van der Waals surface area (Å²) in [6, 6.07) is 8.03. The van der Waals surface area contributed by atoms with Crippen molar-refractivity contribution in [3.8, 4) is 0 Å². The van der Waals surface area contributed by atoms with Gasteiger partial charge in [-0.2, -0.15) is 0 Å². The molecule has 3 aromatic rings. The number of aryl methyl sites for hydroxylation is 1. The monoisotopic (exact) mass is 351 g/mol. The molecule has 1 aromatic carbocycles. The van der Waals surface area contributed by atoms with Crippen LogP contribution in [0.2, 0.25) is 0 Å². The predicted molar refractivity (Wildman–Crippen MR) is 97.0 cm³/mol. The Bertz CT molecular complexity index is 815. The Morgan fingerprint density at radius 2 is 2.00 bits per heavy atom. The molecule has 2 heterocycles. The first-order valence-electron chi connectivity index (χ1n) is 7.78. The standard InChI is InChI=1S/C16H19Cl2N5/c1-2-3-8-13-21-14-15(23(13)10-9-19-17)11-6-4-5-7-12(11)20-16(14)22-18/h4-7,19H,2-3,8-10H2,1H3,(H,20,22). The van der Waals surface area contributed by atoms with Gasteiger partial charge in [-0.1, -0.05) is 31.5 Å². The van der Waals surface area contributed by atoms with E-state index < -0.39 is 0 Å². The van der Waals surface area contributed by atoms with E-state index in [0.717, 1.165) is 53.6 Å². The van der Waals surface area contributed by atoms with Gasteiger partial charge in [-0.25, -0.2) is 14.8 Å². The normalized spacial score (nSPS) is 11.4. The van der Waals surface area contributed by atoms with Crippen LogP contribution >= 0.6 is 23.6 Å². The van der Waals surface area contributed by atoms with Crippen molar-refractivity contribution in [1.82, 2.24) is 19.4 Å². The number of hydrogen-bond donors (Lipinski definition) is 2. The van der Waals surface area contributed by atoms with E-state index in [1.165, 1.54) is 0 Å². The lowest BCUT2D eigenvalue weighted by Crippen LogP contribution is -2.13. The van der Waals surface area contributed by atoms with E-state index in [2.05, 4.69) is 32.2 Å². The Labute approximate surface area is 145 Å². The number of unbranched alkanes of at least 4 members (excludes halogenated alkanes) is 1. The summed E-state index contributed by atoms with van der Waals surface area (Å²) < 4.78 is 2.22. The zero-order chi connectivity index (χ0) is 16.2. The fraction of sp³-hybridized carbons (Fsp3) is 0.375. The molecule has 0 aliphatic heterocycles. The van der Waals surface area contributed by atoms with Crippen molar-refractivity contribution in [3.05, 3.63) is 30.1 Å². The van der Waals surface area contributed by atoms with Crippen LogP contribution in [0.4, 0.5) is 5.82 Å². The Morgan fingerprint density at radius 3 is 2.74 bits per heavy atom. The lowest BCUT2D eigenvalue weighted by Gasteiger charge is -2.10. The fourth-order valence-corrected chi connectivity index (χ4v) is 3.08. The molecule has 0 saturated heterocycles. The highest BCUT2D eigenvalue weighted by molar-refractivity contribution is 6.26. The minimum absolute atomic E-state index is 0.593. The number of halogens is 2. The van der Waals surface area contributed by atoms with Gasteiger partial charge in [-0.15, -0.1) is 0 Å². The molecule has 0 atom stereocenters. The van der Waals surface area contributed by atoms with Gasteiger partial charge >= 0.3 is 0 Å². The topological polar surface area (TPSA) is 54.8 Å². The van der Waals surface area contributed by atoms with Gasteiger partial charge in [-0.3, -0.25) is 4.84 Å². The molecule has 0 unspecified atom stereocenters. The van der Waals surface area contributed by atoms with E-state index in [1.54, 1.807) is 0 Å². The van der Waals surface area contributed by atoms with E-state index in [4.69, 9.17) is 28.5 Å². The van der Waals surface area contributed by atoms with E-state index in [-0.39, 0.29) is 0 Å². The number of para-hydroxylation sites is 1. The third kappa shape index (κ3) is 3.09. The van der Waals surface area contributed by atoms with Crippen LogP contribution in [0.5, 0.6) is 0 Å². The van der Waals surface area contributed by atoms with Crippen molar-refractivity contribution in [3.63, 3.8) is 0 Å². The molecule has 0 saturated carbocycles. The lowest BCUT2D eigenvalue weighted by atomic mass is 10.2. The third-order valence-corrected chi connectivity index (χ3v) is 4.30. The number of pyridine rings is 1. The Kier molecular flexibility index (Phi) is 5.20. The number of nitrogens with one attached hydrogen (secondary N) is 2. The molecule has 7 heteroatoms. The zero-order valence-electron chi connectivity index (χ0n) is 12.9. The van der Waals surface area contributed by atoms with Gasteiger partial charge in [0.1, 0.15) is 11.3 Å². The molecular weight excluding hydrogens is 333 g/mol. The second kappa shape index (κ2) is 7.34. The van der Waals surface area contributed by atoms with Crippen LogP contribution in [0.25, 0.3) is 21.9 Å². The van der Waals surface area contributed by atoms with Crippen LogP contribution in [0.3, 0.4) is 0 Å². The molecular formula is C16H19Cl2N5. The summed E-state index contributed by atoms with van der Waals surface area (Å²) in [6.07, 6.45) is 3.13. The summed E-state index contributed by atoms with van der Waals surface area (Å²) in [7, 11) is 0. The lowest BCUT2D eigenvalue weighted by molar-refractivity contribution is 0.639. The molecule has 0 radical (unpaired) electrons. The van der Waals surface area contributed by atoms with Crippen LogP contribution in [0.15, 0.2) is 24.3 Å². The molecule has 0 aliphatic carbocycles. The summed E-state index contributed by atoms with van der Waals surface area (Å²) in [6.45, 7) is 3.58. The Hall–Kier alpha value is -1.56. The zero-order valence-corrected chi connectivity index (χ0v) is 14.5. The van der Waals surface area contributed by atoms with Crippen molar-refractivity contribution >= 4 is 51.3 Å². The average molecular weight is 352 g/mol. The van der Waals surface area contributed by atoms with Gasteiger partial charge in [0.05, 0.1) is 11.0 Å². The van der Waals surface area contributed by atoms with Crippen molar-refractivity contribution in [2.45, 2.75) is 32.7 Å². The first kappa shape index (κ1) is 16.3. The highest BCUT2D eigenvalue weighted by Gasteiger charge is 2.17. The second-order valence-corrected chi connectivity index (χ2v) is 5.89. The number of aromatic nitrogens is 3. The largest absolute Gasteiger partial charge is 0.326 e. The number of fused-ring (bicyclic) bond motifs is 3. The SMILES string of the molecule is CCCCc1nc2c(NCl)nc3ccccc3c2n1CCNCl. The van der Waals surface area contributed by atoms with Crippen LogP contribution in [-0.2, 0) is 13.0 Å². The number of anilines is 1. The van der Waals surface area contributed by atoms with Gasteiger partial charge in [0, 0.05) is 36.7 Å². The number of benzene rings is 1. The number of hydrogen-bond acceptors (Lipinski definition) is 4. The molecule has 122 valence electrons. The third-order valence-electron chi connectivity index (χ3n) is 3.94. The first-order chi connectivity index (χ1) is 11.3. The van der Waals surface area contributed by atoms with Crippen LogP contribution < -0.4 is 9.67 Å². The summed E-state index contributed by atoms with van der Waals surface area (Å²) in [4.78, 5) is 14.7. The Morgan fingerprint density at radius 1 is 1.17 bits per heavy atom. The summed E-state index contributed by atoms with van der Waals surface area (Å²) in [5.41, 5.74) is 2.75. The molecule has 3 rings (SSSR count). The number of rotatable bonds is 7. The van der Waals surface area contributed by atoms with Gasteiger partial charge < -0.3 is 4.57 Å². The van der Waals surface area contributed by atoms with Crippen LogP contribution in [0, 0.1) is 0 Å². The molecule has 5 nitrogen and oxygen atoms in total. The van der Waals surface area contributed by atoms with Gasteiger partial charge in [-0.05, 0) is 24.3 Å². The summed E-state index contributed by atoms with van der Waals surface area (Å²) >= 11 is 11.6. The smallest absolute Gasteiger partial charge is 0.169 e. The molecule has 0 aliphatic rings. The minimum atomic E-state index is 0.593. The molecule has 0 amide bonds. The van der Waals surface area contributed by atoms with Gasteiger partial charge in [0.25, 0.3) is 0 Å². The fourth-order valence-electron chi connectivity index (χ4n) is 2.87. The quantitative estimate of drug-likeness (QED) is 0.625. The van der Waals surface area contributed by atoms with Gasteiger partial charge in [0.15, 0.2) is 5.82 Å². The number of imidazole rings is 1. The average Bonchev–Trinajstić information content (AvgIpc) is 2.96. The molecule has 0 bridgehead atoms. The maximum absolute atomic E-state index is 5.88. The van der Waals surface area contributed by atoms with Crippen molar-refractivity contribution in [2.24, 2.45) is 0 Å². The van der Waals surface area contributed by atoms with Gasteiger partial charge in [0.2, 0.25) is 0 Å². The Balaban J connectivity index is 2.29. The van der Waals surface area contributed by atoms with Crippen LogP contribution in [-0.4, -0.2) is 21.1 Å². The predicted octanol–water partition coefficient (Wildman–Crippen LogP) is 4.24. The molecule has 23 heavy (non-hydrogen) atoms. The summed E-state index contributed by atoms with van der Waals surface area (Å²) in [5.74, 6) is 1.63. The minimum Gasteiger partial charge on any atom is -0.326 e. The van der Waals surface area contributed by atoms with E-state index in [9.17, 15) is 0 Å². The van der Waals surface area contributed by atoms with Crippen molar-refractivity contribution < 1.29 is 0 Å². The van der Waals surface area contributed by atoms with Crippen LogP contribution in [0.1, 0.15) is 25.6 Å². The maximum Gasteiger partial charge on any atom is 0.169 e. The summed E-state index contributed by atoms with van der Waals surface area (Å²) in [5, 5.41) is 1.07. The van der Waals surface area contributed by atoms with E-state index in [1.807, 2.05) is 18.2 Å². The second-order valence-electron chi connectivity index (χ2n) is 5.44. The highest BCUT2D eigenvalue weighted by atomic mass is 35.5. The molecule has 0 fully saturated rings. The van der Waals surface area contributed by atoms with E-state index in [0.29, 0.717) is 12.4 Å². The highest BCUT2D eigenvalue weighted by Crippen LogP contribution is 2.30. The maximum atomic E-state index is 5.88.